The number of para-hydroxylation sites is 3. The van der Waals surface area contributed by atoms with Crippen LogP contribution in [0.25, 0.3) is 77.1 Å². The lowest BCUT2D eigenvalue weighted by molar-refractivity contribution is 0.498. The summed E-state index contributed by atoms with van der Waals surface area (Å²) in [6, 6.07) is 36.9. The van der Waals surface area contributed by atoms with Crippen LogP contribution in [0.3, 0.4) is 0 Å². The molecule has 0 amide bonds. The zero-order valence-electron chi connectivity index (χ0n) is 24.0. The minimum absolute atomic E-state index is 0.0577. The van der Waals surface area contributed by atoms with Crippen molar-refractivity contribution in [2.45, 2.75) is 26.2 Å². The molecule has 0 spiro atoms. The maximum absolute atomic E-state index is 6.10. The molecule has 0 saturated heterocycles. The number of benzene rings is 5. The van der Waals surface area contributed by atoms with Crippen LogP contribution in [0, 0.1) is 0 Å². The Kier molecular flexibility index (Phi) is 4.99. The first-order valence-electron chi connectivity index (χ1n) is 14.5. The van der Waals surface area contributed by atoms with Gasteiger partial charge in [0.05, 0.1) is 38.8 Å². The van der Waals surface area contributed by atoms with Crippen molar-refractivity contribution in [3.63, 3.8) is 0 Å². The largest absolute Gasteiger partial charge is 0.431 e. The van der Waals surface area contributed by atoms with Crippen LogP contribution in [0.15, 0.2) is 123 Å². The predicted molar refractivity (Wildman–Crippen MR) is 181 cm³/mol. The number of nitrogens with zero attached hydrogens (tertiary/aromatic N) is 2. The number of fused-ring (bicyclic) bond motifs is 9. The molecule has 4 aromatic heterocycles. The molecule has 43 heavy (non-hydrogen) atoms. The molecule has 208 valence electrons. The Morgan fingerprint density at radius 2 is 1.19 bits per heavy atom. The molecule has 0 aliphatic heterocycles. The molecular formula is C38H27BrN2O2. The first-order chi connectivity index (χ1) is 20.9. The van der Waals surface area contributed by atoms with E-state index in [1.165, 1.54) is 32.6 Å². The van der Waals surface area contributed by atoms with E-state index >= 15 is 0 Å². The van der Waals surface area contributed by atoms with Gasteiger partial charge in [0, 0.05) is 31.4 Å². The molecule has 9 aromatic rings. The Morgan fingerprint density at radius 3 is 1.84 bits per heavy atom. The van der Waals surface area contributed by atoms with E-state index < -0.39 is 0 Å². The summed E-state index contributed by atoms with van der Waals surface area (Å²) in [7, 11) is 0. The molecule has 4 heterocycles. The minimum atomic E-state index is 0.0577. The molecule has 5 aromatic carbocycles. The minimum Gasteiger partial charge on any atom is -0.431 e. The van der Waals surface area contributed by atoms with E-state index in [1.807, 2.05) is 24.5 Å². The SMILES string of the molecule is CC(C)(C)c1ccc(-n2c3ccccc3c3cc4c5ccccc5n(-c5coc6oc7ccccc7c56)c4cc32)c(Br)c1. The summed E-state index contributed by atoms with van der Waals surface area (Å²) in [6.07, 6.45) is 1.83. The highest BCUT2D eigenvalue weighted by Gasteiger charge is 2.23. The number of aromatic nitrogens is 2. The lowest BCUT2D eigenvalue weighted by atomic mass is 9.87. The second-order valence-electron chi connectivity index (χ2n) is 12.4. The molecule has 0 atom stereocenters. The summed E-state index contributed by atoms with van der Waals surface area (Å²) < 4.78 is 17.9. The van der Waals surface area contributed by atoms with Crippen molar-refractivity contribution in [2.75, 3.05) is 0 Å². The normalized spacial score (nSPS) is 12.7. The Bertz CT molecular complexity index is 2570. The fourth-order valence-corrected chi connectivity index (χ4v) is 7.34. The molecule has 0 bridgehead atoms. The van der Waals surface area contributed by atoms with Crippen molar-refractivity contribution >= 4 is 81.7 Å². The van der Waals surface area contributed by atoms with Crippen LogP contribution in [0.1, 0.15) is 26.3 Å². The number of hydrogen-bond acceptors (Lipinski definition) is 2. The van der Waals surface area contributed by atoms with Gasteiger partial charge in [0.1, 0.15) is 11.8 Å². The maximum Gasteiger partial charge on any atom is 0.300 e. The number of halogens is 1. The first-order valence-corrected chi connectivity index (χ1v) is 15.3. The molecule has 0 saturated carbocycles. The number of hydrogen-bond donors (Lipinski definition) is 0. The van der Waals surface area contributed by atoms with E-state index in [2.05, 4.69) is 131 Å². The second-order valence-corrected chi connectivity index (χ2v) is 13.2. The average molecular weight is 624 g/mol. The highest BCUT2D eigenvalue weighted by atomic mass is 79.9. The molecule has 0 unspecified atom stereocenters. The highest BCUT2D eigenvalue weighted by molar-refractivity contribution is 9.10. The van der Waals surface area contributed by atoms with Crippen LogP contribution in [-0.2, 0) is 5.41 Å². The van der Waals surface area contributed by atoms with E-state index in [0.717, 1.165) is 48.8 Å². The molecular weight excluding hydrogens is 596 g/mol. The second kappa shape index (κ2) is 8.65. The van der Waals surface area contributed by atoms with Gasteiger partial charge in [0.2, 0.25) is 0 Å². The molecule has 4 nitrogen and oxygen atoms in total. The maximum atomic E-state index is 6.10. The summed E-state index contributed by atoms with van der Waals surface area (Å²) in [5.74, 6) is 0.542. The van der Waals surface area contributed by atoms with Gasteiger partial charge in [-0.1, -0.05) is 81.4 Å². The van der Waals surface area contributed by atoms with Gasteiger partial charge >= 0.3 is 0 Å². The smallest absolute Gasteiger partial charge is 0.300 e. The van der Waals surface area contributed by atoms with Crippen molar-refractivity contribution < 1.29 is 8.83 Å². The molecule has 0 aliphatic carbocycles. The van der Waals surface area contributed by atoms with Gasteiger partial charge < -0.3 is 18.0 Å². The van der Waals surface area contributed by atoms with Gasteiger partial charge in [0.25, 0.3) is 5.78 Å². The summed E-state index contributed by atoms with van der Waals surface area (Å²) in [4.78, 5) is 0. The van der Waals surface area contributed by atoms with Crippen LogP contribution < -0.4 is 0 Å². The fraction of sp³-hybridized carbons (Fsp3) is 0.105. The number of furan rings is 2. The van der Waals surface area contributed by atoms with E-state index in [9.17, 15) is 0 Å². The van der Waals surface area contributed by atoms with Gasteiger partial charge in [-0.3, -0.25) is 0 Å². The zero-order chi connectivity index (χ0) is 29.0. The van der Waals surface area contributed by atoms with Gasteiger partial charge in [-0.05, 0) is 69.4 Å². The van der Waals surface area contributed by atoms with E-state index in [-0.39, 0.29) is 5.41 Å². The van der Waals surface area contributed by atoms with Crippen molar-refractivity contribution in [1.82, 2.24) is 9.13 Å². The standard InChI is InChI=1S/C38H27BrN2O2/c1-38(2,3)22-16-17-31(28(39)18-22)40-29-13-7-4-10-23(29)26-19-27-24-11-5-8-14-30(24)41(33(27)20-32(26)40)34-21-42-37-36(34)25-12-6-9-15-35(25)43-37/h4-21H,1-3H3. The van der Waals surface area contributed by atoms with Gasteiger partial charge in [0.15, 0.2) is 0 Å². The van der Waals surface area contributed by atoms with Crippen molar-refractivity contribution in [1.29, 1.82) is 0 Å². The molecule has 0 N–H and O–H groups in total. The quantitative estimate of drug-likeness (QED) is 0.192. The van der Waals surface area contributed by atoms with Crippen molar-refractivity contribution in [2.24, 2.45) is 0 Å². The first kappa shape index (κ1) is 24.8. The van der Waals surface area contributed by atoms with Crippen LogP contribution in [0.2, 0.25) is 0 Å². The molecule has 0 fully saturated rings. The predicted octanol–water partition coefficient (Wildman–Crippen LogP) is 11.4. The summed E-state index contributed by atoms with van der Waals surface area (Å²) in [5.41, 5.74) is 8.85. The highest BCUT2D eigenvalue weighted by Crippen LogP contribution is 2.43. The molecule has 0 aliphatic rings. The lowest BCUT2D eigenvalue weighted by Crippen LogP contribution is -2.11. The molecule has 9 rings (SSSR count). The Morgan fingerprint density at radius 1 is 0.581 bits per heavy atom. The summed E-state index contributed by atoms with van der Waals surface area (Å²) in [5, 5.41) is 6.90. The van der Waals surface area contributed by atoms with E-state index in [1.54, 1.807) is 0 Å². The molecule has 5 heteroatoms. The summed E-state index contributed by atoms with van der Waals surface area (Å²) in [6.45, 7) is 6.75. The van der Waals surface area contributed by atoms with Crippen LogP contribution in [-0.4, -0.2) is 9.13 Å². The van der Waals surface area contributed by atoms with Crippen molar-refractivity contribution in [3.8, 4) is 11.4 Å². The fourth-order valence-electron chi connectivity index (χ4n) is 6.79. The Hall–Kier alpha value is -4.74. The molecule has 0 radical (unpaired) electrons. The Balaban J connectivity index is 1.43. The van der Waals surface area contributed by atoms with E-state index in [0.29, 0.717) is 5.78 Å². The summed E-state index contributed by atoms with van der Waals surface area (Å²) >= 11 is 3.95. The Labute approximate surface area is 255 Å². The zero-order valence-corrected chi connectivity index (χ0v) is 25.6. The third-order valence-corrected chi connectivity index (χ3v) is 9.49. The third kappa shape index (κ3) is 3.43. The monoisotopic (exact) mass is 622 g/mol. The van der Waals surface area contributed by atoms with Gasteiger partial charge in [-0.15, -0.1) is 0 Å². The van der Waals surface area contributed by atoms with Gasteiger partial charge in [-0.25, -0.2) is 0 Å². The number of rotatable bonds is 2. The van der Waals surface area contributed by atoms with Gasteiger partial charge in [-0.2, -0.15) is 0 Å². The van der Waals surface area contributed by atoms with Crippen LogP contribution >= 0.6 is 15.9 Å². The van der Waals surface area contributed by atoms with Crippen LogP contribution in [0.5, 0.6) is 0 Å². The van der Waals surface area contributed by atoms with Crippen molar-refractivity contribution in [3.05, 3.63) is 119 Å². The third-order valence-electron chi connectivity index (χ3n) is 8.86. The topological polar surface area (TPSA) is 36.1 Å². The van der Waals surface area contributed by atoms with E-state index in [4.69, 9.17) is 8.83 Å². The lowest BCUT2D eigenvalue weighted by Gasteiger charge is -2.21. The van der Waals surface area contributed by atoms with Crippen LogP contribution in [0.4, 0.5) is 0 Å². The average Bonchev–Trinajstić information content (AvgIpc) is 3.74.